The third-order valence-electron chi connectivity index (χ3n) is 3.63. The summed E-state index contributed by atoms with van der Waals surface area (Å²) in [4.78, 5) is 16.8. The molecule has 1 fully saturated rings. The zero-order chi connectivity index (χ0) is 18.8. The molecule has 2 heterocycles. The number of nitrogens with zero attached hydrogens (tertiary/aromatic N) is 2. The highest BCUT2D eigenvalue weighted by Crippen LogP contribution is 2.38. The van der Waals surface area contributed by atoms with Crippen LogP contribution in [0.5, 0.6) is 0 Å². The molecule has 0 radical (unpaired) electrons. The first kappa shape index (κ1) is 20.0. The van der Waals surface area contributed by atoms with E-state index < -0.39 is 41.9 Å². The van der Waals surface area contributed by atoms with Crippen LogP contribution >= 0.6 is 11.3 Å². The minimum absolute atomic E-state index is 0.137. The molecule has 0 amide bonds. The third-order valence-corrected chi connectivity index (χ3v) is 4.64. The average molecular weight is 390 g/mol. The molecule has 11 heteroatoms. The normalized spacial score (nSPS) is 21.2. The summed E-state index contributed by atoms with van der Waals surface area (Å²) in [5, 5.41) is 0.995. The molecule has 0 N–H and O–H groups in total. The summed E-state index contributed by atoms with van der Waals surface area (Å²) in [6.45, 7) is 0.161. The molecule has 1 aromatic heterocycles. The predicted octanol–water partition coefficient (Wildman–Crippen LogP) is 3.87. The topological polar surface area (TPSA) is 42.4 Å². The van der Waals surface area contributed by atoms with E-state index in [0.717, 1.165) is 4.90 Å². The molecule has 0 saturated carbocycles. The van der Waals surface area contributed by atoms with Crippen LogP contribution in [0.3, 0.4) is 0 Å². The maximum absolute atomic E-state index is 13.2. The van der Waals surface area contributed by atoms with Crippen LogP contribution in [0.25, 0.3) is 0 Å². The minimum atomic E-state index is -4.85. The minimum Gasteiger partial charge on any atom is -0.445 e. The van der Waals surface area contributed by atoms with Gasteiger partial charge in [-0.25, -0.2) is 4.98 Å². The molecule has 0 unspecified atom stereocenters. The zero-order valence-corrected chi connectivity index (χ0v) is 14.0. The summed E-state index contributed by atoms with van der Waals surface area (Å²) in [5.41, 5.74) is 0.360. The Bertz CT molecular complexity index is 601. The van der Waals surface area contributed by atoms with E-state index in [2.05, 4.69) is 9.72 Å². The fourth-order valence-electron chi connectivity index (χ4n) is 2.61. The highest BCUT2D eigenvalue weighted by molar-refractivity contribution is 7.09. The Morgan fingerprint density at radius 1 is 1.40 bits per heavy atom. The summed E-state index contributed by atoms with van der Waals surface area (Å²) in [5.74, 6) is -2.18. The molecule has 2 atom stereocenters. The Hall–Kier alpha value is -1.36. The number of aryl methyl sites for hydroxylation is 1. The molecule has 1 aliphatic rings. The van der Waals surface area contributed by atoms with Crippen molar-refractivity contribution in [1.29, 1.82) is 0 Å². The van der Waals surface area contributed by atoms with Crippen molar-refractivity contribution in [1.82, 2.24) is 9.88 Å². The first-order chi connectivity index (χ1) is 11.5. The van der Waals surface area contributed by atoms with Gasteiger partial charge in [-0.05, 0) is 26.3 Å². The van der Waals surface area contributed by atoms with Gasteiger partial charge in [0.1, 0.15) is 5.01 Å². The van der Waals surface area contributed by atoms with Crippen molar-refractivity contribution in [2.75, 3.05) is 19.6 Å². The van der Waals surface area contributed by atoms with Crippen LogP contribution in [0.2, 0.25) is 0 Å². The Morgan fingerprint density at radius 3 is 2.60 bits per heavy atom. The lowest BCUT2D eigenvalue weighted by molar-refractivity contribution is -0.227. The summed E-state index contributed by atoms with van der Waals surface area (Å²) >= 11 is 0.714. The molecule has 142 valence electrons. The quantitative estimate of drug-likeness (QED) is 0.578. The van der Waals surface area contributed by atoms with Gasteiger partial charge in [0.25, 0.3) is 0 Å². The molecule has 1 saturated heterocycles. The number of likely N-dealkylation sites (tertiary alicyclic amines) is 1. The van der Waals surface area contributed by atoms with Gasteiger partial charge in [-0.15, -0.1) is 11.3 Å². The van der Waals surface area contributed by atoms with E-state index in [1.807, 2.05) is 0 Å². The third kappa shape index (κ3) is 5.84. The first-order valence-corrected chi connectivity index (χ1v) is 8.32. The predicted molar refractivity (Wildman–Crippen MR) is 77.0 cm³/mol. The van der Waals surface area contributed by atoms with Crippen molar-refractivity contribution < 1.29 is 35.9 Å². The van der Waals surface area contributed by atoms with E-state index in [-0.39, 0.29) is 25.9 Å². The van der Waals surface area contributed by atoms with Gasteiger partial charge in [0.15, 0.2) is 0 Å². The Labute approximate surface area is 143 Å². The van der Waals surface area contributed by atoms with Crippen LogP contribution in [0, 0.1) is 12.8 Å². The van der Waals surface area contributed by atoms with Gasteiger partial charge in [-0.1, -0.05) is 0 Å². The smallest absolute Gasteiger partial charge is 0.432 e. The molecule has 0 bridgehead atoms. The SMILES string of the molecule is Cc1csc([C@@H](OC(=O)[C@@H]2CCCN(CC(F)(F)F)C2)C(F)(F)F)n1. The number of piperidine rings is 1. The van der Waals surface area contributed by atoms with Crippen LogP contribution in [0.4, 0.5) is 26.3 Å². The van der Waals surface area contributed by atoms with Gasteiger partial charge in [-0.2, -0.15) is 26.3 Å². The van der Waals surface area contributed by atoms with Gasteiger partial charge in [-0.3, -0.25) is 9.69 Å². The monoisotopic (exact) mass is 390 g/mol. The molecule has 25 heavy (non-hydrogen) atoms. The van der Waals surface area contributed by atoms with Crippen molar-refractivity contribution in [2.45, 2.75) is 38.2 Å². The van der Waals surface area contributed by atoms with Gasteiger partial charge in [0, 0.05) is 17.6 Å². The highest BCUT2D eigenvalue weighted by atomic mass is 32.1. The van der Waals surface area contributed by atoms with Crippen molar-refractivity contribution >= 4 is 17.3 Å². The lowest BCUT2D eigenvalue weighted by Gasteiger charge is -2.32. The standard InChI is InChI=1S/C14H16F6N2O2S/c1-8-6-25-11(21-8)10(14(18,19)20)24-12(23)9-3-2-4-22(5-9)7-13(15,16)17/h6,9-10H,2-5,7H2,1H3/t9-,10-/m1/s1. The van der Waals surface area contributed by atoms with Crippen molar-refractivity contribution in [2.24, 2.45) is 5.92 Å². The summed E-state index contributed by atoms with van der Waals surface area (Å²) < 4.78 is 81.5. The number of halogens is 6. The molecule has 2 rings (SSSR count). The van der Waals surface area contributed by atoms with Gasteiger partial charge < -0.3 is 4.74 Å². The maximum Gasteiger partial charge on any atom is 0.432 e. The van der Waals surface area contributed by atoms with Crippen LogP contribution in [0.15, 0.2) is 5.38 Å². The molecule has 0 aromatic carbocycles. The van der Waals surface area contributed by atoms with Crippen molar-refractivity contribution in [3.63, 3.8) is 0 Å². The van der Waals surface area contributed by atoms with Crippen molar-refractivity contribution in [3.8, 4) is 0 Å². The molecule has 1 aromatic rings. The largest absolute Gasteiger partial charge is 0.445 e. The first-order valence-electron chi connectivity index (χ1n) is 7.44. The second-order valence-electron chi connectivity index (χ2n) is 5.88. The molecule has 0 spiro atoms. The number of carbonyl (C=O) groups excluding carboxylic acids is 1. The summed E-state index contributed by atoms with van der Waals surface area (Å²) in [6.07, 6.45) is -11.3. The number of thiazole rings is 1. The second kappa shape index (κ2) is 7.48. The van der Waals surface area contributed by atoms with Gasteiger partial charge in [0.2, 0.25) is 6.10 Å². The van der Waals surface area contributed by atoms with Crippen LogP contribution in [0.1, 0.15) is 29.6 Å². The second-order valence-corrected chi connectivity index (χ2v) is 6.76. The maximum atomic E-state index is 13.2. The highest BCUT2D eigenvalue weighted by Gasteiger charge is 2.47. The fourth-order valence-corrected chi connectivity index (χ4v) is 3.45. The number of aromatic nitrogens is 1. The molecular weight excluding hydrogens is 374 g/mol. The van der Waals surface area contributed by atoms with Crippen LogP contribution in [-0.4, -0.2) is 47.8 Å². The average Bonchev–Trinajstić information content (AvgIpc) is 2.87. The number of esters is 1. The Kier molecular flexibility index (Phi) is 5.97. The number of hydrogen-bond donors (Lipinski definition) is 0. The Balaban J connectivity index is 2.05. The molecule has 1 aliphatic heterocycles. The lowest BCUT2D eigenvalue weighted by atomic mass is 9.98. The summed E-state index contributed by atoms with van der Waals surface area (Å²) in [7, 11) is 0. The van der Waals surface area contributed by atoms with Crippen LogP contribution in [-0.2, 0) is 9.53 Å². The van der Waals surface area contributed by atoms with Crippen molar-refractivity contribution in [3.05, 3.63) is 16.1 Å². The fraction of sp³-hybridized carbons (Fsp3) is 0.714. The molecule has 4 nitrogen and oxygen atoms in total. The number of ether oxygens (including phenoxy) is 1. The zero-order valence-electron chi connectivity index (χ0n) is 13.2. The van der Waals surface area contributed by atoms with Gasteiger partial charge >= 0.3 is 18.3 Å². The van der Waals surface area contributed by atoms with E-state index in [1.165, 1.54) is 12.3 Å². The summed E-state index contributed by atoms with van der Waals surface area (Å²) in [6, 6.07) is 0. The van der Waals surface area contributed by atoms with E-state index >= 15 is 0 Å². The Morgan fingerprint density at radius 2 is 2.08 bits per heavy atom. The van der Waals surface area contributed by atoms with Crippen LogP contribution < -0.4 is 0 Å². The van der Waals surface area contributed by atoms with E-state index in [9.17, 15) is 31.1 Å². The number of alkyl halides is 6. The number of carbonyl (C=O) groups is 1. The molecule has 0 aliphatic carbocycles. The van der Waals surface area contributed by atoms with E-state index in [1.54, 1.807) is 0 Å². The molecular formula is C14H16F6N2O2S. The van der Waals surface area contributed by atoms with E-state index in [0.29, 0.717) is 17.0 Å². The van der Waals surface area contributed by atoms with E-state index in [4.69, 9.17) is 0 Å². The lowest BCUT2D eigenvalue weighted by Crippen LogP contribution is -2.44. The number of hydrogen-bond acceptors (Lipinski definition) is 5. The number of rotatable bonds is 4. The van der Waals surface area contributed by atoms with Gasteiger partial charge in [0.05, 0.1) is 12.5 Å².